The summed E-state index contributed by atoms with van der Waals surface area (Å²) >= 11 is 0. The zero-order valence-electron chi connectivity index (χ0n) is 13.2. The van der Waals surface area contributed by atoms with Crippen LogP contribution in [0, 0.1) is 5.92 Å². The van der Waals surface area contributed by atoms with Gasteiger partial charge < -0.3 is 10.0 Å². The highest BCUT2D eigenvalue weighted by Gasteiger charge is 2.32. The number of nitrogens with one attached hydrogen (secondary N) is 1. The van der Waals surface area contributed by atoms with Crippen molar-refractivity contribution in [2.45, 2.75) is 58.0 Å². The first-order chi connectivity index (χ1) is 9.74. The summed E-state index contributed by atoms with van der Waals surface area (Å²) in [5.41, 5.74) is 0. The van der Waals surface area contributed by atoms with Gasteiger partial charge in [0.2, 0.25) is 15.9 Å². The highest BCUT2D eigenvalue weighted by Crippen LogP contribution is 2.24. The molecule has 0 bridgehead atoms. The van der Waals surface area contributed by atoms with Gasteiger partial charge in [-0.25, -0.2) is 13.1 Å². The van der Waals surface area contributed by atoms with Crippen molar-refractivity contribution in [3.8, 4) is 0 Å². The molecule has 1 saturated carbocycles. The Morgan fingerprint density at radius 2 is 1.90 bits per heavy atom. The first-order valence-electron chi connectivity index (χ1n) is 7.63. The van der Waals surface area contributed by atoms with Gasteiger partial charge in [0.1, 0.15) is 6.04 Å². The van der Waals surface area contributed by atoms with Gasteiger partial charge in [0.05, 0.1) is 12.9 Å². The van der Waals surface area contributed by atoms with Crippen LogP contribution >= 0.6 is 0 Å². The van der Waals surface area contributed by atoms with E-state index in [-0.39, 0.29) is 31.0 Å². The van der Waals surface area contributed by atoms with Crippen molar-refractivity contribution in [1.82, 2.24) is 9.62 Å². The smallest absolute Gasteiger partial charge is 0.241 e. The predicted octanol–water partition coefficient (Wildman–Crippen LogP) is 0.714. The SMILES string of the molecule is CC(C)CC(NS(C)(=O)=O)C(=O)N(CCO)C1CCCC1. The van der Waals surface area contributed by atoms with Gasteiger partial charge in [-0.15, -0.1) is 0 Å². The molecular weight excluding hydrogens is 292 g/mol. The molecule has 0 aliphatic heterocycles. The Kier molecular flexibility index (Phi) is 7.09. The molecule has 1 unspecified atom stereocenters. The summed E-state index contributed by atoms with van der Waals surface area (Å²) in [5, 5.41) is 9.21. The maximum absolute atomic E-state index is 12.7. The molecule has 1 amide bonds. The third kappa shape index (κ3) is 6.32. The molecule has 0 aromatic heterocycles. The number of hydrogen-bond donors (Lipinski definition) is 2. The Hall–Kier alpha value is -0.660. The van der Waals surface area contributed by atoms with Gasteiger partial charge >= 0.3 is 0 Å². The molecule has 0 heterocycles. The number of nitrogens with zero attached hydrogens (tertiary/aromatic N) is 1. The lowest BCUT2D eigenvalue weighted by Gasteiger charge is -2.32. The first kappa shape index (κ1) is 18.4. The molecule has 1 fully saturated rings. The zero-order chi connectivity index (χ0) is 16.0. The molecule has 124 valence electrons. The average Bonchev–Trinajstić information content (AvgIpc) is 2.85. The Morgan fingerprint density at radius 3 is 2.33 bits per heavy atom. The number of aliphatic hydroxyl groups is 1. The second kappa shape index (κ2) is 8.10. The molecule has 0 spiro atoms. The molecule has 1 aliphatic carbocycles. The number of amides is 1. The van der Waals surface area contributed by atoms with E-state index >= 15 is 0 Å². The van der Waals surface area contributed by atoms with E-state index in [1.165, 1.54) is 0 Å². The second-order valence-corrected chi connectivity index (χ2v) is 8.05. The van der Waals surface area contributed by atoms with Gasteiger partial charge in [0, 0.05) is 12.6 Å². The lowest BCUT2D eigenvalue weighted by molar-refractivity contribution is -0.136. The van der Waals surface area contributed by atoms with Crippen molar-refractivity contribution in [2.75, 3.05) is 19.4 Å². The molecule has 0 aromatic rings. The van der Waals surface area contributed by atoms with Crippen LogP contribution in [0.5, 0.6) is 0 Å². The first-order valence-corrected chi connectivity index (χ1v) is 9.52. The summed E-state index contributed by atoms with van der Waals surface area (Å²) in [6.45, 7) is 4.07. The fourth-order valence-corrected chi connectivity index (χ4v) is 3.64. The molecule has 0 aromatic carbocycles. The van der Waals surface area contributed by atoms with Crippen LogP contribution in [0.15, 0.2) is 0 Å². The van der Waals surface area contributed by atoms with Crippen LogP contribution in [0.25, 0.3) is 0 Å². The molecule has 1 aliphatic rings. The summed E-state index contributed by atoms with van der Waals surface area (Å²) in [4.78, 5) is 14.4. The maximum atomic E-state index is 12.7. The predicted molar refractivity (Wildman–Crippen MR) is 82.3 cm³/mol. The largest absolute Gasteiger partial charge is 0.395 e. The Labute approximate surface area is 128 Å². The Balaban J connectivity index is 2.87. The van der Waals surface area contributed by atoms with Crippen molar-refractivity contribution < 1.29 is 18.3 Å². The van der Waals surface area contributed by atoms with Gasteiger partial charge in [-0.2, -0.15) is 0 Å². The highest BCUT2D eigenvalue weighted by atomic mass is 32.2. The van der Waals surface area contributed by atoms with Gasteiger partial charge in [0.25, 0.3) is 0 Å². The lowest BCUT2D eigenvalue weighted by Crippen LogP contribution is -2.52. The molecule has 0 radical (unpaired) electrons. The maximum Gasteiger partial charge on any atom is 0.241 e. The zero-order valence-corrected chi connectivity index (χ0v) is 14.0. The van der Waals surface area contributed by atoms with Crippen molar-refractivity contribution in [3.05, 3.63) is 0 Å². The number of carbonyl (C=O) groups is 1. The van der Waals surface area contributed by atoms with E-state index in [0.29, 0.717) is 6.42 Å². The van der Waals surface area contributed by atoms with Crippen molar-refractivity contribution in [1.29, 1.82) is 0 Å². The minimum Gasteiger partial charge on any atom is -0.395 e. The molecule has 1 atom stereocenters. The number of aliphatic hydroxyl groups excluding tert-OH is 1. The van der Waals surface area contributed by atoms with Crippen LogP contribution in [-0.2, 0) is 14.8 Å². The van der Waals surface area contributed by atoms with Crippen molar-refractivity contribution >= 4 is 15.9 Å². The Morgan fingerprint density at radius 1 is 1.33 bits per heavy atom. The third-order valence-electron chi connectivity index (χ3n) is 3.75. The molecule has 2 N–H and O–H groups in total. The fraction of sp³-hybridized carbons (Fsp3) is 0.929. The standard InChI is InChI=1S/C14H28N2O4S/c1-11(2)10-13(15-21(3,19)20)14(18)16(8-9-17)12-6-4-5-7-12/h11-13,15,17H,4-10H2,1-3H3. The Bertz CT molecular complexity index is 430. The van der Waals surface area contributed by atoms with E-state index in [1.807, 2.05) is 13.8 Å². The fourth-order valence-electron chi connectivity index (χ4n) is 2.93. The van der Waals surface area contributed by atoms with Crippen molar-refractivity contribution in [2.24, 2.45) is 5.92 Å². The van der Waals surface area contributed by atoms with Gasteiger partial charge in [-0.3, -0.25) is 4.79 Å². The molecular formula is C14H28N2O4S. The number of carbonyl (C=O) groups excluding carboxylic acids is 1. The minimum atomic E-state index is -3.45. The minimum absolute atomic E-state index is 0.102. The van der Waals surface area contributed by atoms with Gasteiger partial charge in [0.15, 0.2) is 0 Å². The normalized spacial score (nSPS) is 18.1. The lowest BCUT2D eigenvalue weighted by atomic mass is 10.0. The second-order valence-electron chi connectivity index (χ2n) is 6.27. The summed E-state index contributed by atoms with van der Waals surface area (Å²) < 4.78 is 25.4. The third-order valence-corrected chi connectivity index (χ3v) is 4.46. The molecule has 7 heteroatoms. The summed E-state index contributed by atoms with van der Waals surface area (Å²) in [5.74, 6) is -0.0113. The van der Waals surface area contributed by atoms with Crippen LogP contribution in [-0.4, -0.2) is 55.8 Å². The van der Waals surface area contributed by atoms with E-state index in [1.54, 1.807) is 4.90 Å². The van der Waals surface area contributed by atoms with E-state index < -0.39 is 16.1 Å². The molecule has 21 heavy (non-hydrogen) atoms. The summed E-state index contributed by atoms with van der Waals surface area (Å²) in [6, 6.07) is -0.618. The van der Waals surface area contributed by atoms with E-state index in [0.717, 1.165) is 31.9 Å². The number of sulfonamides is 1. The van der Waals surface area contributed by atoms with Gasteiger partial charge in [-0.05, 0) is 25.2 Å². The van der Waals surface area contributed by atoms with E-state index in [4.69, 9.17) is 0 Å². The topological polar surface area (TPSA) is 86.7 Å². The van der Waals surface area contributed by atoms with E-state index in [2.05, 4.69) is 4.72 Å². The number of rotatable bonds is 8. The van der Waals surface area contributed by atoms with Crippen molar-refractivity contribution in [3.63, 3.8) is 0 Å². The molecule has 1 rings (SSSR count). The van der Waals surface area contributed by atoms with Crippen LogP contribution in [0.4, 0.5) is 0 Å². The van der Waals surface area contributed by atoms with Crippen LogP contribution in [0.2, 0.25) is 0 Å². The van der Waals surface area contributed by atoms with Crippen LogP contribution in [0.3, 0.4) is 0 Å². The number of hydrogen-bond acceptors (Lipinski definition) is 4. The van der Waals surface area contributed by atoms with Gasteiger partial charge in [-0.1, -0.05) is 26.7 Å². The summed E-state index contributed by atoms with van der Waals surface area (Å²) in [6.07, 6.45) is 5.54. The van der Waals surface area contributed by atoms with E-state index in [9.17, 15) is 18.3 Å². The monoisotopic (exact) mass is 320 g/mol. The molecule has 0 saturated heterocycles. The quantitative estimate of drug-likeness (QED) is 0.690. The van der Waals surface area contributed by atoms with Crippen LogP contribution in [0.1, 0.15) is 46.0 Å². The highest BCUT2D eigenvalue weighted by molar-refractivity contribution is 7.88. The molecule has 6 nitrogen and oxygen atoms in total. The summed E-state index contributed by atoms with van der Waals surface area (Å²) in [7, 11) is -3.45. The van der Waals surface area contributed by atoms with Crippen LogP contribution < -0.4 is 4.72 Å². The average molecular weight is 320 g/mol.